The molecule has 158 valence electrons. The number of benzene rings is 1. The lowest BCUT2D eigenvalue weighted by molar-refractivity contribution is 0.222. The molecule has 1 aromatic rings. The molecule has 0 aromatic heterocycles. The van der Waals surface area contributed by atoms with Gasteiger partial charge >= 0.3 is 0 Å². The number of hydrogen-bond donors (Lipinski definition) is 2. The Morgan fingerprint density at radius 1 is 1.32 bits per heavy atom. The Bertz CT molecular complexity index is 744. The maximum atomic E-state index is 12.2. The molecular formula is C20H34N4O3S. The zero-order chi connectivity index (χ0) is 20.6. The van der Waals surface area contributed by atoms with E-state index < -0.39 is 10.0 Å². The summed E-state index contributed by atoms with van der Waals surface area (Å²) in [6.07, 6.45) is 2.19. The summed E-state index contributed by atoms with van der Waals surface area (Å²) in [6, 6.07) is 8.18. The van der Waals surface area contributed by atoms with Crippen LogP contribution in [0, 0.1) is 6.92 Å². The van der Waals surface area contributed by atoms with Crippen LogP contribution in [0.5, 0.6) is 5.75 Å². The monoisotopic (exact) mass is 410 g/mol. The van der Waals surface area contributed by atoms with Crippen LogP contribution in [0.15, 0.2) is 29.3 Å². The number of guanidine groups is 1. The van der Waals surface area contributed by atoms with Gasteiger partial charge in [-0.3, -0.25) is 4.99 Å². The molecule has 0 bridgehead atoms. The quantitative estimate of drug-likeness (QED) is 0.507. The SMILES string of the molecule is CCCS(=O)(=O)N1CCC(NC(=NC)NCC(C)Oc2ccccc2C)CC1. The number of sulfonamides is 1. The topological polar surface area (TPSA) is 83.0 Å². The molecule has 0 spiro atoms. The van der Waals surface area contributed by atoms with Crippen LogP contribution >= 0.6 is 0 Å². The number of aliphatic imine (C=N–C) groups is 1. The maximum Gasteiger partial charge on any atom is 0.214 e. The largest absolute Gasteiger partial charge is 0.489 e. The van der Waals surface area contributed by atoms with Gasteiger partial charge in [0.05, 0.1) is 12.3 Å². The van der Waals surface area contributed by atoms with Gasteiger partial charge in [0.1, 0.15) is 11.9 Å². The van der Waals surface area contributed by atoms with Crippen LogP contribution in [0.3, 0.4) is 0 Å². The van der Waals surface area contributed by atoms with Gasteiger partial charge in [0.25, 0.3) is 0 Å². The molecule has 0 aliphatic carbocycles. The van der Waals surface area contributed by atoms with Crippen LogP contribution < -0.4 is 15.4 Å². The number of rotatable bonds is 8. The van der Waals surface area contributed by atoms with Gasteiger partial charge in [0.2, 0.25) is 10.0 Å². The first-order valence-electron chi connectivity index (χ1n) is 10.0. The number of piperidine rings is 1. The molecule has 8 heteroatoms. The van der Waals surface area contributed by atoms with Gasteiger partial charge in [-0.2, -0.15) is 0 Å². The average molecular weight is 411 g/mol. The molecule has 28 heavy (non-hydrogen) atoms. The third-order valence-corrected chi connectivity index (χ3v) is 6.93. The van der Waals surface area contributed by atoms with Crippen molar-refractivity contribution in [2.75, 3.05) is 32.4 Å². The van der Waals surface area contributed by atoms with E-state index in [2.05, 4.69) is 15.6 Å². The molecular weight excluding hydrogens is 376 g/mol. The molecule has 1 fully saturated rings. The Kier molecular flexibility index (Phi) is 8.57. The molecule has 0 radical (unpaired) electrons. The van der Waals surface area contributed by atoms with Crippen LogP contribution in [0.2, 0.25) is 0 Å². The van der Waals surface area contributed by atoms with Crippen molar-refractivity contribution in [2.24, 2.45) is 4.99 Å². The summed E-state index contributed by atoms with van der Waals surface area (Å²) in [6.45, 7) is 7.68. The summed E-state index contributed by atoms with van der Waals surface area (Å²) in [7, 11) is -1.36. The molecule has 1 unspecified atom stereocenters. The fourth-order valence-electron chi connectivity index (χ4n) is 3.24. The third-order valence-electron chi connectivity index (χ3n) is 4.85. The van der Waals surface area contributed by atoms with E-state index in [0.29, 0.717) is 26.1 Å². The van der Waals surface area contributed by atoms with Crippen molar-refractivity contribution in [3.8, 4) is 5.75 Å². The van der Waals surface area contributed by atoms with Crippen LogP contribution in [0.25, 0.3) is 0 Å². The molecule has 0 amide bonds. The molecule has 1 heterocycles. The summed E-state index contributed by atoms with van der Waals surface area (Å²) in [5.41, 5.74) is 1.11. The van der Waals surface area contributed by atoms with E-state index in [1.165, 1.54) is 0 Å². The third kappa shape index (κ3) is 6.67. The van der Waals surface area contributed by atoms with Crippen LogP contribution in [-0.2, 0) is 10.0 Å². The highest BCUT2D eigenvalue weighted by Gasteiger charge is 2.27. The van der Waals surface area contributed by atoms with Gasteiger partial charge in [-0.25, -0.2) is 12.7 Å². The first kappa shape index (κ1) is 22.5. The molecule has 1 aliphatic rings. The molecule has 1 aliphatic heterocycles. The fraction of sp³-hybridized carbons (Fsp3) is 0.650. The predicted molar refractivity (Wildman–Crippen MR) is 114 cm³/mol. The smallest absolute Gasteiger partial charge is 0.214 e. The van der Waals surface area contributed by atoms with Gasteiger partial charge in [-0.15, -0.1) is 0 Å². The Morgan fingerprint density at radius 3 is 2.61 bits per heavy atom. The van der Waals surface area contributed by atoms with Crippen LogP contribution in [-0.4, -0.2) is 63.3 Å². The Balaban J connectivity index is 1.77. The summed E-state index contributed by atoms with van der Waals surface area (Å²) >= 11 is 0. The van der Waals surface area contributed by atoms with Gasteiger partial charge in [0, 0.05) is 26.2 Å². The highest BCUT2D eigenvalue weighted by molar-refractivity contribution is 7.89. The van der Waals surface area contributed by atoms with Crippen molar-refractivity contribution in [1.82, 2.24) is 14.9 Å². The van der Waals surface area contributed by atoms with Crippen molar-refractivity contribution in [2.45, 2.75) is 52.2 Å². The van der Waals surface area contributed by atoms with Crippen molar-refractivity contribution >= 4 is 16.0 Å². The normalized spacial score (nSPS) is 17.9. The lowest BCUT2D eigenvalue weighted by Crippen LogP contribution is -2.51. The zero-order valence-corrected chi connectivity index (χ0v) is 18.3. The van der Waals surface area contributed by atoms with Crippen molar-refractivity contribution in [3.05, 3.63) is 29.8 Å². The fourth-order valence-corrected chi connectivity index (χ4v) is 4.78. The second kappa shape index (κ2) is 10.7. The van der Waals surface area contributed by atoms with Crippen LogP contribution in [0.4, 0.5) is 0 Å². The van der Waals surface area contributed by atoms with E-state index in [1.807, 2.05) is 45.0 Å². The first-order chi connectivity index (χ1) is 13.4. The van der Waals surface area contributed by atoms with E-state index in [-0.39, 0.29) is 17.9 Å². The molecule has 1 saturated heterocycles. The number of nitrogens with one attached hydrogen (secondary N) is 2. The zero-order valence-electron chi connectivity index (χ0n) is 17.4. The lowest BCUT2D eigenvalue weighted by atomic mass is 10.1. The molecule has 0 saturated carbocycles. The first-order valence-corrected chi connectivity index (χ1v) is 11.6. The summed E-state index contributed by atoms with van der Waals surface area (Å²) in [4.78, 5) is 4.28. The highest BCUT2D eigenvalue weighted by Crippen LogP contribution is 2.18. The van der Waals surface area contributed by atoms with Crippen molar-refractivity contribution in [1.29, 1.82) is 0 Å². The standard InChI is InChI=1S/C20H34N4O3S/c1-5-14-28(25,26)24-12-10-18(11-13-24)23-20(21-4)22-15-17(3)27-19-9-7-6-8-16(19)2/h6-9,17-18H,5,10-15H2,1-4H3,(H2,21,22,23). The van der Waals surface area contributed by atoms with Gasteiger partial charge < -0.3 is 15.4 Å². The second-order valence-electron chi connectivity index (χ2n) is 7.28. The lowest BCUT2D eigenvalue weighted by Gasteiger charge is -2.32. The number of aryl methyl sites for hydroxylation is 1. The molecule has 2 rings (SSSR count). The highest BCUT2D eigenvalue weighted by atomic mass is 32.2. The minimum Gasteiger partial charge on any atom is -0.489 e. The summed E-state index contributed by atoms with van der Waals surface area (Å²) in [5.74, 6) is 1.84. The van der Waals surface area contributed by atoms with Gasteiger partial charge in [-0.1, -0.05) is 25.1 Å². The summed E-state index contributed by atoms with van der Waals surface area (Å²) < 4.78 is 32.0. The number of hydrogen-bond acceptors (Lipinski definition) is 4. The average Bonchev–Trinajstić information content (AvgIpc) is 2.67. The number of ether oxygens (including phenoxy) is 1. The van der Waals surface area contributed by atoms with Crippen molar-refractivity contribution < 1.29 is 13.2 Å². The van der Waals surface area contributed by atoms with Crippen LogP contribution in [0.1, 0.15) is 38.7 Å². The van der Waals surface area contributed by atoms with Gasteiger partial charge in [0.15, 0.2) is 5.96 Å². The Hall–Kier alpha value is -1.80. The van der Waals surface area contributed by atoms with E-state index in [0.717, 1.165) is 30.1 Å². The number of nitrogens with zero attached hydrogens (tertiary/aromatic N) is 2. The Morgan fingerprint density at radius 2 is 2.00 bits per heavy atom. The second-order valence-corrected chi connectivity index (χ2v) is 9.37. The van der Waals surface area contributed by atoms with Gasteiger partial charge in [-0.05, 0) is 44.7 Å². The molecule has 2 N–H and O–H groups in total. The molecule has 1 aromatic carbocycles. The number of para-hydroxylation sites is 1. The van der Waals surface area contributed by atoms with E-state index in [4.69, 9.17) is 4.74 Å². The summed E-state index contributed by atoms with van der Waals surface area (Å²) in [5, 5.41) is 6.70. The molecule has 1 atom stereocenters. The van der Waals surface area contributed by atoms with Crippen molar-refractivity contribution in [3.63, 3.8) is 0 Å². The Labute approximate surface area is 169 Å². The van der Waals surface area contributed by atoms with E-state index in [1.54, 1.807) is 11.4 Å². The minimum absolute atomic E-state index is 0.0133. The predicted octanol–water partition coefficient (Wildman–Crippen LogP) is 2.13. The maximum absolute atomic E-state index is 12.2. The minimum atomic E-state index is -3.10. The van der Waals surface area contributed by atoms with E-state index in [9.17, 15) is 8.42 Å². The van der Waals surface area contributed by atoms with E-state index >= 15 is 0 Å². The molecule has 7 nitrogen and oxygen atoms in total.